The Morgan fingerprint density at radius 1 is 1.24 bits per heavy atom. The number of pyridine rings is 1. The molecule has 0 radical (unpaired) electrons. The highest BCUT2D eigenvalue weighted by Gasteiger charge is 2.32. The van der Waals surface area contributed by atoms with Gasteiger partial charge >= 0.3 is 6.18 Å². The minimum absolute atomic E-state index is 0.235. The summed E-state index contributed by atoms with van der Waals surface area (Å²) in [4.78, 5) is 3.82. The van der Waals surface area contributed by atoms with Crippen LogP contribution in [0.1, 0.15) is 38.1 Å². The fourth-order valence-corrected chi connectivity index (χ4v) is 1.52. The molecule has 0 bridgehead atoms. The number of alkyl halides is 3. The van der Waals surface area contributed by atoms with Crippen molar-refractivity contribution in [1.82, 2.24) is 10.4 Å². The molecule has 0 aliphatic rings. The average molecular weight is 247 g/mol. The van der Waals surface area contributed by atoms with E-state index in [1.807, 2.05) is 20.8 Å². The van der Waals surface area contributed by atoms with Crippen LogP contribution in [0.15, 0.2) is 18.3 Å². The molecule has 1 heterocycles. The minimum Gasteiger partial charge on any atom is -0.271 e. The van der Waals surface area contributed by atoms with Gasteiger partial charge < -0.3 is 0 Å². The normalized spacial score (nSPS) is 14.8. The number of hydrazine groups is 1. The van der Waals surface area contributed by atoms with E-state index >= 15 is 0 Å². The Morgan fingerprint density at radius 3 is 2.12 bits per heavy atom. The molecule has 0 aromatic carbocycles. The molecule has 1 aromatic rings. The Balaban J connectivity index is 3.02. The van der Waals surface area contributed by atoms with Gasteiger partial charge in [0.25, 0.3) is 0 Å². The summed E-state index contributed by atoms with van der Waals surface area (Å²) in [5.41, 5.74) is 2.07. The fraction of sp³-hybridized carbons (Fsp3) is 0.545. The van der Waals surface area contributed by atoms with E-state index in [0.717, 1.165) is 12.3 Å². The number of halogens is 3. The molecule has 0 aliphatic heterocycles. The number of hydrogen-bond acceptors (Lipinski definition) is 3. The van der Waals surface area contributed by atoms with E-state index in [2.05, 4.69) is 10.4 Å². The standard InChI is InChI=1S/C11H16F3N3/c1-10(2,3)9(17-15)8-5-4-7(6-16-8)11(12,13)14/h4-6,9,17H,15H2,1-3H3. The van der Waals surface area contributed by atoms with E-state index < -0.39 is 11.7 Å². The van der Waals surface area contributed by atoms with E-state index in [0.29, 0.717) is 5.69 Å². The van der Waals surface area contributed by atoms with Crippen LogP contribution in [0, 0.1) is 5.41 Å². The van der Waals surface area contributed by atoms with Crippen LogP contribution in [0.5, 0.6) is 0 Å². The Bertz CT molecular complexity index is 365. The maximum Gasteiger partial charge on any atom is 0.417 e. The van der Waals surface area contributed by atoms with Crippen LogP contribution in [0.4, 0.5) is 13.2 Å². The molecule has 3 nitrogen and oxygen atoms in total. The number of nitrogens with two attached hydrogens (primary N) is 1. The molecule has 6 heteroatoms. The highest BCUT2D eigenvalue weighted by Crippen LogP contribution is 2.33. The number of aromatic nitrogens is 1. The van der Waals surface area contributed by atoms with E-state index in [9.17, 15) is 13.2 Å². The summed E-state index contributed by atoms with van der Waals surface area (Å²) in [6.07, 6.45) is -3.54. The van der Waals surface area contributed by atoms with Crippen molar-refractivity contribution in [2.24, 2.45) is 11.3 Å². The summed E-state index contributed by atoms with van der Waals surface area (Å²) < 4.78 is 37.1. The van der Waals surface area contributed by atoms with Gasteiger partial charge in [-0.3, -0.25) is 16.3 Å². The number of rotatable bonds is 2. The Labute approximate surface area is 98.2 Å². The first-order chi connectivity index (χ1) is 7.66. The molecule has 0 amide bonds. The molecule has 96 valence electrons. The largest absolute Gasteiger partial charge is 0.417 e. The van der Waals surface area contributed by atoms with Gasteiger partial charge in [-0.1, -0.05) is 20.8 Å². The van der Waals surface area contributed by atoms with Crippen LogP contribution < -0.4 is 11.3 Å². The predicted molar refractivity (Wildman–Crippen MR) is 58.8 cm³/mol. The van der Waals surface area contributed by atoms with E-state index in [1.165, 1.54) is 6.07 Å². The fourth-order valence-electron chi connectivity index (χ4n) is 1.52. The lowest BCUT2D eigenvalue weighted by Gasteiger charge is -2.29. The molecule has 1 aromatic heterocycles. The predicted octanol–water partition coefficient (Wildman–Crippen LogP) is 2.65. The third-order valence-corrected chi connectivity index (χ3v) is 2.44. The summed E-state index contributed by atoms with van der Waals surface area (Å²) in [7, 11) is 0. The highest BCUT2D eigenvalue weighted by molar-refractivity contribution is 5.19. The van der Waals surface area contributed by atoms with Crippen LogP contribution in [-0.2, 0) is 6.18 Å². The zero-order valence-electron chi connectivity index (χ0n) is 9.97. The second kappa shape index (κ2) is 4.62. The van der Waals surface area contributed by atoms with Crippen molar-refractivity contribution < 1.29 is 13.2 Å². The molecule has 17 heavy (non-hydrogen) atoms. The van der Waals surface area contributed by atoms with Crippen molar-refractivity contribution in [3.8, 4) is 0 Å². The van der Waals surface area contributed by atoms with Gasteiger partial charge in [0.1, 0.15) is 0 Å². The van der Waals surface area contributed by atoms with E-state index in [1.54, 1.807) is 0 Å². The summed E-state index contributed by atoms with van der Waals surface area (Å²) in [6, 6.07) is 2.06. The molecule has 0 spiro atoms. The molecule has 0 saturated heterocycles. The van der Waals surface area contributed by atoms with Crippen molar-refractivity contribution in [2.45, 2.75) is 33.0 Å². The minimum atomic E-state index is -4.36. The lowest BCUT2D eigenvalue weighted by atomic mass is 9.85. The van der Waals surface area contributed by atoms with Crippen molar-refractivity contribution >= 4 is 0 Å². The van der Waals surface area contributed by atoms with Gasteiger partial charge in [-0.05, 0) is 17.5 Å². The average Bonchev–Trinajstić information content (AvgIpc) is 2.16. The van der Waals surface area contributed by atoms with Crippen LogP contribution in [0.2, 0.25) is 0 Å². The summed E-state index contributed by atoms with van der Waals surface area (Å²) in [6.45, 7) is 5.78. The Kier molecular flexibility index (Phi) is 3.78. The molecular formula is C11H16F3N3. The number of hydrogen-bond donors (Lipinski definition) is 2. The molecule has 3 N–H and O–H groups in total. The summed E-state index contributed by atoms with van der Waals surface area (Å²) in [5, 5.41) is 0. The molecule has 0 aliphatic carbocycles. The van der Waals surface area contributed by atoms with Gasteiger partial charge in [0.2, 0.25) is 0 Å². The van der Waals surface area contributed by atoms with Crippen molar-refractivity contribution in [1.29, 1.82) is 0 Å². The van der Waals surface area contributed by atoms with Crippen LogP contribution in [0.25, 0.3) is 0 Å². The van der Waals surface area contributed by atoms with Crippen LogP contribution in [-0.4, -0.2) is 4.98 Å². The van der Waals surface area contributed by atoms with Gasteiger partial charge in [-0.2, -0.15) is 13.2 Å². The van der Waals surface area contributed by atoms with Gasteiger partial charge in [-0.15, -0.1) is 0 Å². The maximum absolute atomic E-state index is 12.4. The number of nitrogens with zero attached hydrogens (tertiary/aromatic N) is 1. The lowest BCUT2D eigenvalue weighted by Crippen LogP contribution is -2.37. The second-order valence-electron chi connectivity index (χ2n) is 4.94. The van der Waals surface area contributed by atoms with E-state index in [4.69, 9.17) is 5.84 Å². The first-order valence-electron chi connectivity index (χ1n) is 5.15. The zero-order chi connectivity index (χ0) is 13.3. The molecule has 0 saturated carbocycles. The SMILES string of the molecule is CC(C)(C)C(NN)c1ccc(C(F)(F)F)cn1. The number of nitrogens with one attached hydrogen (secondary N) is 1. The first kappa shape index (κ1) is 13.9. The maximum atomic E-state index is 12.4. The molecule has 1 rings (SSSR count). The molecule has 1 unspecified atom stereocenters. The van der Waals surface area contributed by atoms with Gasteiger partial charge in [0, 0.05) is 6.20 Å². The second-order valence-corrected chi connectivity index (χ2v) is 4.94. The van der Waals surface area contributed by atoms with Gasteiger partial charge in [0.05, 0.1) is 17.3 Å². The van der Waals surface area contributed by atoms with Crippen molar-refractivity contribution in [3.05, 3.63) is 29.6 Å². The summed E-state index contributed by atoms with van der Waals surface area (Å²) in [5.74, 6) is 5.40. The van der Waals surface area contributed by atoms with Crippen molar-refractivity contribution in [3.63, 3.8) is 0 Å². The van der Waals surface area contributed by atoms with Crippen LogP contribution in [0.3, 0.4) is 0 Å². The first-order valence-corrected chi connectivity index (χ1v) is 5.15. The van der Waals surface area contributed by atoms with Crippen molar-refractivity contribution in [2.75, 3.05) is 0 Å². The molecule has 1 atom stereocenters. The molecule has 0 fully saturated rings. The third kappa shape index (κ3) is 3.41. The van der Waals surface area contributed by atoms with Crippen LogP contribution >= 0.6 is 0 Å². The lowest BCUT2D eigenvalue weighted by molar-refractivity contribution is -0.137. The third-order valence-electron chi connectivity index (χ3n) is 2.44. The monoisotopic (exact) mass is 247 g/mol. The highest BCUT2D eigenvalue weighted by atomic mass is 19.4. The van der Waals surface area contributed by atoms with Gasteiger partial charge in [0.15, 0.2) is 0 Å². The quantitative estimate of drug-likeness (QED) is 0.624. The van der Waals surface area contributed by atoms with Gasteiger partial charge in [-0.25, -0.2) is 0 Å². The molecular weight excluding hydrogens is 231 g/mol. The summed E-state index contributed by atoms with van der Waals surface area (Å²) >= 11 is 0. The zero-order valence-corrected chi connectivity index (χ0v) is 9.97. The Morgan fingerprint density at radius 2 is 1.82 bits per heavy atom. The van der Waals surface area contributed by atoms with E-state index in [-0.39, 0.29) is 11.5 Å². The smallest absolute Gasteiger partial charge is 0.271 e. The Hall–Kier alpha value is -1.14. The topological polar surface area (TPSA) is 50.9 Å².